The fourth-order valence-electron chi connectivity index (χ4n) is 2.02. The topological polar surface area (TPSA) is 12.9 Å². The van der Waals surface area contributed by atoms with E-state index in [1.165, 1.54) is 16.8 Å². The van der Waals surface area contributed by atoms with Gasteiger partial charge in [0.2, 0.25) is 0 Å². The molecule has 17 heavy (non-hydrogen) atoms. The predicted octanol–water partition coefficient (Wildman–Crippen LogP) is 3.87. The van der Waals surface area contributed by atoms with Crippen LogP contribution in [0.1, 0.15) is 30.7 Å². The summed E-state index contributed by atoms with van der Waals surface area (Å²) in [6.07, 6.45) is 3.94. The van der Waals surface area contributed by atoms with Gasteiger partial charge in [-0.1, -0.05) is 50.2 Å². The minimum atomic E-state index is 0.652. The minimum absolute atomic E-state index is 0.652. The lowest BCUT2D eigenvalue weighted by Crippen LogP contribution is -2.02. The maximum atomic E-state index is 4.52. The SMILES string of the molecule is CC(C)Cc1ncccc1Cc1ccccc1. The molecule has 0 amide bonds. The zero-order valence-corrected chi connectivity index (χ0v) is 10.6. The van der Waals surface area contributed by atoms with Crippen LogP contribution in [0.3, 0.4) is 0 Å². The van der Waals surface area contributed by atoms with E-state index in [-0.39, 0.29) is 0 Å². The van der Waals surface area contributed by atoms with Crippen LogP contribution in [-0.4, -0.2) is 4.98 Å². The highest BCUT2D eigenvalue weighted by Gasteiger charge is 2.06. The molecule has 1 heterocycles. The van der Waals surface area contributed by atoms with Gasteiger partial charge < -0.3 is 0 Å². The number of benzene rings is 1. The molecule has 88 valence electrons. The van der Waals surface area contributed by atoms with Gasteiger partial charge >= 0.3 is 0 Å². The lowest BCUT2D eigenvalue weighted by atomic mass is 9.98. The van der Waals surface area contributed by atoms with Crippen molar-refractivity contribution in [3.8, 4) is 0 Å². The number of aromatic nitrogens is 1. The van der Waals surface area contributed by atoms with Gasteiger partial charge in [-0.3, -0.25) is 4.98 Å². The highest BCUT2D eigenvalue weighted by atomic mass is 14.7. The maximum absolute atomic E-state index is 4.52. The summed E-state index contributed by atoms with van der Waals surface area (Å²) in [5.74, 6) is 0.652. The highest BCUT2D eigenvalue weighted by molar-refractivity contribution is 5.28. The summed E-state index contributed by atoms with van der Waals surface area (Å²) in [5, 5.41) is 0. The molecule has 0 spiro atoms. The van der Waals surface area contributed by atoms with Gasteiger partial charge in [0.1, 0.15) is 0 Å². The van der Waals surface area contributed by atoms with Gasteiger partial charge in [0, 0.05) is 11.9 Å². The third-order valence-electron chi connectivity index (χ3n) is 2.82. The molecule has 2 rings (SSSR count). The van der Waals surface area contributed by atoms with E-state index >= 15 is 0 Å². The van der Waals surface area contributed by atoms with Crippen molar-refractivity contribution in [2.75, 3.05) is 0 Å². The van der Waals surface area contributed by atoms with E-state index < -0.39 is 0 Å². The smallest absolute Gasteiger partial charge is 0.0441 e. The second-order valence-electron chi connectivity index (χ2n) is 4.87. The monoisotopic (exact) mass is 225 g/mol. The molecule has 0 aliphatic carbocycles. The first-order valence-electron chi connectivity index (χ1n) is 6.22. The Balaban J connectivity index is 2.20. The van der Waals surface area contributed by atoms with Gasteiger partial charge in [0.15, 0.2) is 0 Å². The van der Waals surface area contributed by atoms with E-state index in [9.17, 15) is 0 Å². The van der Waals surface area contributed by atoms with Gasteiger partial charge in [-0.25, -0.2) is 0 Å². The number of hydrogen-bond acceptors (Lipinski definition) is 1. The molecule has 0 saturated heterocycles. The molecule has 0 saturated carbocycles. The summed E-state index contributed by atoms with van der Waals surface area (Å²) >= 11 is 0. The van der Waals surface area contributed by atoms with E-state index in [0.717, 1.165) is 12.8 Å². The van der Waals surface area contributed by atoms with E-state index in [0.29, 0.717) is 5.92 Å². The standard InChI is InChI=1S/C16H19N/c1-13(2)11-16-15(9-6-10-17-16)12-14-7-4-3-5-8-14/h3-10,13H,11-12H2,1-2H3. The van der Waals surface area contributed by atoms with Crippen molar-refractivity contribution >= 4 is 0 Å². The van der Waals surface area contributed by atoms with Crippen LogP contribution >= 0.6 is 0 Å². The Morgan fingerprint density at radius 2 is 1.76 bits per heavy atom. The Hall–Kier alpha value is -1.63. The van der Waals surface area contributed by atoms with E-state index in [4.69, 9.17) is 0 Å². The largest absolute Gasteiger partial charge is 0.261 e. The van der Waals surface area contributed by atoms with Crippen LogP contribution in [0.25, 0.3) is 0 Å². The van der Waals surface area contributed by atoms with Crippen molar-refractivity contribution in [2.45, 2.75) is 26.7 Å². The molecule has 0 radical (unpaired) electrons. The van der Waals surface area contributed by atoms with Crippen LogP contribution < -0.4 is 0 Å². The number of hydrogen-bond donors (Lipinski definition) is 0. The van der Waals surface area contributed by atoms with Crippen molar-refractivity contribution < 1.29 is 0 Å². The summed E-state index contributed by atoms with van der Waals surface area (Å²) in [4.78, 5) is 4.52. The van der Waals surface area contributed by atoms with Crippen LogP contribution in [0.4, 0.5) is 0 Å². The van der Waals surface area contributed by atoms with Gasteiger partial charge in [-0.05, 0) is 36.0 Å². The minimum Gasteiger partial charge on any atom is -0.261 e. The lowest BCUT2D eigenvalue weighted by Gasteiger charge is -2.10. The molecule has 0 aliphatic rings. The summed E-state index contributed by atoms with van der Waals surface area (Å²) in [6, 6.07) is 14.8. The summed E-state index contributed by atoms with van der Waals surface area (Å²) < 4.78 is 0. The molecule has 0 unspecified atom stereocenters. The number of nitrogens with zero attached hydrogens (tertiary/aromatic N) is 1. The number of rotatable bonds is 4. The van der Waals surface area contributed by atoms with Crippen LogP contribution in [0.15, 0.2) is 48.7 Å². The van der Waals surface area contributed by atoms with Crippen molar-refractivity contribution in [1.29, 1.82) is 0 Å². The van der Waals surface area contributed by atoms with Crippen molar-refractivity contribution in [1.82, 2.24) is 4.98 Å². The Morgan fingerprint density at radius 3 is 2.47 bits per heavy atom. The molecule has 1 heteroatoms. The van der Waals surface area contributed by atoms with Crippen molar-refractivity contribution in [2.24, 2.45) is 5.92 Å². The van der Waals surface area contributed by atoms with Crippen molar-refractivity contribution in [3.05, 3.63) is 65.5 Å². The first-order chi connectivity index (χ1) is 8.25. The molecule has 0 fully saturated rings. The Bertz CT molecular complexity index is 460. The molecule has 0 aliphatic heterocycles. The van der Waals surface area contributed by atoms with Crippen LogP contribution in [0.2, 0.25) is 0 Å². The number of pyridine rings is 1. The Kier molecular flexibility index (Phi) is 3.92. The van der Waals surface area contributed by atoms with Crippen LogP contribution in [0.5, 0.6) is 0 Å². The summed E-state index contributed by atoms with van der Waals surface area (Å²) in [5.41, 5.74) is 3.95. The molecule has 0 N–H and O–H groups in total. The summed E-state index contributed by atoms with van der Waals surface area (Å²) in [6.45, 7) is 4.47. The van der Waals surface area contributed by atoms with Gasteiger partial charge in [-0.2, -0.15) is 0 Å². The molecule has 0 bridgehead atoms. The van der Waals surface area contributed by atoms with E-state index in [1.54, 1.807) is 0 Å². The Labute approximate surface area is 104 Å². The molecule has 1 aromatic carbocycles. The zero-order valence-electron chi connectivity index (χ0n) is 10.6. The second-order valence-corrected chi connectivity index (χ2v) is 4.87. The predicted molar refractivity (Wildman–Crippen MR) is 72.0 cm³/mol. The average molecular weight is 225 g/mol. The van der Waals surface area contributed by atoms with Gasteiger partial charge in [-0.15, -0.1) is 0 Å². The molecular weight excluding hydrogens is 206 g/mol. The highest BCUT2D eigenvalue weighted by Crippen LogP contribution is 2.15. The lowest BCUT2D eigenvalue weighted by molar-refractivity contribution is 0.631. The fourth-order valence-corrected chi connectivity index (χ4v) is 2.02. The zero-order chi connectivity index (χ0) is 12.1. The maximum Gasteiger partial charge on any atom is 0.0441 e. The first kappa shape index (κ1) is 11.8. The molecule has 1 aromatic heterocycles. The normalized spacial score (nSPS) is 10.8. The molecule has 1 nitrogen and oxygen atoms in total. The van der Waals surface area contributed by atoms with Crippen molar-refractivity contribution in [3.63, 3.8) is 0 Å². The quantitative estimate of drug-likeness (QED) is 0.769. The summed E-state index contributed by atoms with van der Waals surface area (Å²) in [7, 11) is 0. The Morgan fingerprint density at radius 1 is 1.00 bits per heavy atom. The van der Waals surface area contributed by atoms with Gasteiger partial charge in [0.25, 0.3) is 0 Å². The first-order valence-corrected chi connectivity index (χ1v) is 6.22. The van der Waals surface area contributed by atoms with E-state index in [2.05, 4.69) is 55.2 Å². The fraction of sp³-hybridized carbons (Fsp3) is 0.312. The van der Waals surface area contributed by atoms with Crippen LogP contribution in [-0.2, 0) is 12.8 Å². The third kappa shape index (κ3) is 3.42. The second kappa shape index (κ2) is 5.62. The molecular formula is C16H19N. The third-order valence-corrected chi connectivity index (χ3v) is 2.82. The van der Waals surface area contributed by atoms with Crippen LogP contribution in [0, 0.1) is 5.92 Å². The average Bonchev–Trinajstić information content (AvgIpc) is 2.32. The molecule has 2 aromatic rings. The van der Waals surface area contributed by atoms with E-state index in [1.807, 2.05) is 12.3 Å². The van der Waals surface area contributed by atoms with Gasteiger partial charge in [0.05, 0.1) is 0 Å². The molecule has 0 atom stereocenters.